The van der Waals surface area contributed by atoms with Gasteiger partial charge in [-0.3, -0.25) is 9.59 Å². The number of anilines is 1. The number of carbonyl (C=O) groups excluding carboxylic acids is 2. The van der Waals surface area contributed by atoms with Gasteiger partial charge in [0.25, 0.3) is 11.1 Å². The molecule has 3 rings (SSSR count). The lowest BCUT2D eigenvalue weighted by atomic mass is 10.2. The number of thioether (sulfide) groups is 1. The van der Waals surface area contributed by atoms with E-state index in [9.17, 15) is 18.4 Å². The van der Waals surface area contributed by atoms with Gasteiger partial charge in [-0.25, -0.2) is 8.78 Å². The van der Waals surface area contributed by atoms with Crippen molar-refractivity contribution in [3.63, 3.8) is 0 Å². The molecule has 0 saturated carbocycles. The molecule has 150 valence electrons. The van der Waals surface area contributed by atoms with Crippen molar-refractivity contribution in [3.8, 4) is 11.5 Å². The van der Waals surface area contributed by atoms with Crippen molar-refractivity contribution in [2.45, 2.75) is 5.22 Å². The number of benzene rings is 2. The van der Waals surface area contributed by atoms with Gasteiger partial charge in [0.1, 0.15) is 11.6 Å². The van der Waals surface area contributed by atoms with Gasteiger partial charge in [-0.2, -0.15) is 0 Å². The van der Waals surface area contributed by atoms with Gasteiger partial charge in [-0.05, 0) is 36.4 Å². The summed E-state index contributed by atoms with van der Waals surface area (Å²) < 4.78 is 32.0. The molecule has 0 fully saturated rings. The summed E-state index contributed by atoms with van der Waals surface area (Å²) in [5.41, 5.74) is 0.603. The molecular weight excluding hydrogens is 402 g/mol. The Hall–Kier alpha value is -3.27. The third-order valence-corrected chi connectivity index (χ3v) is 4.57. The van der Waals surface area contributed by atoms with Gasteiger partial charge in [0.2, 0.25) is 11.8 Å². The Morgan fingerprint density at radius 1 is 1.10 bits per heavy atom. The highest BCUT2D eigenvalue weighted by Crippen LogP contribution is 2.25. The maximum atomic E-state index is 13.8. The van der Waals surface area contributed by atoms with E-state index in [1.54, 1.807) is 12.1 Å². The van der Waals surface area contributed by atoms with Crippen LogP contribution in [0.1, 0.15) is 0 Å². The van der Waals surface area contributed by atoms with Crippen molar-refractivity contribution in [2.75, 3.05) is 24.7 Å². The lowest BCUT2D eigenvalue weighted by molar-refractivity contribution is -0.131. The van der Waals surface area contributed by atoms with E-state index in [1.165, 1.54) is 48.3 Å². The van der Waals surface area contributed by atoms with Crippen LogP contribution in [0.15, 0.2) is 58.2 Å². The lowest BCUT2D eigenvalue weighted by Gasteiger charge is -2.16. The monoisotopic (exact) mass is 418 g/mol. The molecule has 2 amide bonds. The molecule has 1 heterocycles. The standard InChI is InChI=1S/C19H16F2N4O3S/c1-25(10-16(26)22-13-8-6-12(20)7-9-13)17(27)11-29-19-24-23-18(28-19)14-4-2-3-5-15(14)21/h2-9H,10-11H2,1H3,(H,22,26). The minimum atomic E-state index is -0.490. The molecule has 0 aliphatic rings. The highest BCUT2D eigenvalue weighted by molar-refractivity contribution is 7.99. The predicted octanol–water partition coefficient (Wildman–Crippen LogP) is 3.20. The van der Waals surface area contributed by atoms with Crippen LogP contribution in [0.25, 0.3) is 11.5 Å². The minimum Gasteiger partial charge on any atom is -0.411 e. The molecular formula is C19H16F2N4O3S. The number of halogens is 2. The summed E-state index contributed by atoms with van der Waals surface area (Å²) in [6.07, 6.45) is 0. The van der Waals surface area contributed by atoms with Crippen LogP contribution in [0.5, 0.6) is 0 Å². The topological polar surface area (TPSA) is 88.3 Å². The predicted molar refractivity (Wildman–Crippen MR) is 103 cm³/mol. The molecule has 7 nitrogen and oxygen atoms in total. The third kappa shape index (κ3) is 5.61. The van der Waals surface area contributed by atoms with Crippen LogP contribution in [0, 0.1) is 11.6 Å². The van der Waals surface area contributed by atoms with E-state index in [0.717, 1.165) is 11.8 Å². The van der Waals surface area contributed by atoms with Crippen LogP contribution in [0.2, 0.25) is 0 Å². The van der Waals surface area contributed by atoms with Crippen LogP contribution in [-0.2, 0) is 9.59 Å². The van der Waals surface area contributed by atoms with Crippen LogP contribution < -0.4 is 5.32 Å². The van der Waals surface area contributed by atoms with E-state index in [4.69, 9.17) is 4.42 Å². The summed E-state index contributed by atoms with van der Waals surface area (Å²) in [5.74, 6) is -1.68. The van der Waals surface area contributed by atoms with Crippen LogP contribution >= 0.6 is 11.8 Å². The Labute approximate surface area is 169 Å². The van der Waals surface area contributed by atoms with Crippen molar-refractivity contribution >= 4 is 29.3 Å². The maximum absolute atomic E-state index is 13.8. The summed E-state index contributed by atoms with van der Waals surface area (Å²) >= 11 is 0.984. The van der Waals surface area contributed by atoms with Crippen molar-refractivity contribution in [2.24, 2.45) is 0 Å². The summed E-state index contributed by atoms with van der Waals surface area (Å²) in [6, 6.07) is 11.3. The van der Waals surface area contributed by atoms with Gasteiger partial charge in [0.05, 0.1) is 17.9 Å². The average Bonchev–Trinajstić information content (AvgIpc) is 3.17. The van der Waals surface area contributed by atoms with Crippen molar-refractivity contribution in [1.82, 2.24) is 15.1 Å². The Morgan fingerprint density at radius 2 is 1.83 bits per heavy atom. The molecule has 0 radical (unpaired) electrons. The molecule has 0 aliphatic heterocycles. The zero-order chi connectivity index (χ0) is 20.8. The molecule has 3 aromatic rings. The Kier molecular flexibility index (Phi) is 6.55. The van der Waals surface area contributed by atoms with Crippen LogP contribution in [-0.4, -0.2) is 46.3 Å². The third-order valence-electron chi connectivity index (χ3n) is 3.76. The van der Waals surface area contributed by atoms with E-state index >= 15 is 0 Å². The van der Waals surface area contributed by atoms with Crippen LogP contribution in [0.4, 0.5) is 14.5 Å². The second-order valence-corrected chi connectivity index (χ2v) is 6.87. The molecule has 0 aliphatic carbocycles. The molecule has 2 aromatic carbocycles. The van der Waals surface area contributed by atoms with Crippen molar-refractivity contribution < 1.29 is 22.8 Å². The number of amides is 2. The first-order valence-electron chi connectivity index (χ1n) is 8.43. The first-order chi connectivity index (χ1) is 13.9. The highest BCUT2D eigenvalue weighted by Gasteiger charge is 2.17. The quantitative estimate of drug-likeness (QED) is 0.593. The zero-order valence-corrected chi connectivity index (χ0v) is 16.1. The van der Waals surface area contributed by atoms with Gasteiger partial charge in [0.15, 0.2) is 0 Å². The van der Waals surface area contributed by atoms with Gasteiger partial charge in [-0.15, -0.1) is 10.2 Å². The highest BCUT2D eigenvalue weighted by atomic mass is 32.2. The number of aromatic nitrogens is 2. The molecule has 1 N–H and O–H groups in total. The molecule has 0 bridgehead atoms. The average molecular weight is 418 g/mol. The molecule has 1 aromatic heterocycles. The molecule has 0 unspecified atom stereocenters. The molecule has 0 spiro atoms. The molecule has 10 heteroatoms. The number of carbonyl (C=O) groups is 2. The maximum Gasteiger partial charge on any atom is 0.277 e. The van der Waals surface area contributed by atoms with E-state index in [1.807, 2.05) is 0 Å². The van der Waals surface area contributed by atoms with Gasteiger partial charge in [-0.1, -0.05) is 23.9 Å². The summed E-state index contributed by atoms with van der Waals surface area (Å²) in [5, 5.41) is 10.3. The van der Waals surface area contributed by atoms with E-state index < -0.39 is 17.5 Å². The minimum absolute atomic E-state index is 0.0186. The summed E-state index contributed by atoms with van der Waals surface area (Å²) in [7, 11) is 1.48. The number of nitrogens with one attached hydrogen (secondary N) is 1. The summed E-state index contributed by atoms with van der Waals surface area (Å²) in [4.78, 5) is 25.4. The smallest absolute Gasteiger partial charge is 0.277 e. The van der Waals surface area contributed by atoms with Crippen molar-refractivity contribution in [1.29, 1.82) is 0 Å². The second-order valence-electron chi connectivity index (χ2n) is 5.95. The summed E-state index contributed by atoms with van der Waals surface area (Å²) in [6.45, 7) is -0.179. The fraction of sp³-hybridized carbons (Fsp3) is 0.158. The van der Waals surface area contributed by atoms with Gasteiger partial charge in [0, 0.05) is 12.7 Å². The number of hydrogen-bond acceptors (Lipinski definition) is 6. The normalized spacial score (nSPS) is 10.6. The van der Waals surface area contributed by atoms with E-state index in [2.05, 4.69) is 15.5 Å². The lowest BCUT2D eigenvalue weighted by Crippen LogP contribution is -2.35. The largest absolute Gasteiger partial charge is 0.411 e. The first-order valence-corrected chi connectivity index (χ1v) is 9.41. The fourth-order valence-electron chi connectivity index (χ4n) is 2.28. The molecule has 29 heavy (non-hydrogen) atoms. The van der Waals surface area contributed by atoms with Crippen molar-refractivity contribution in [3.05, 3.63) is 60.2 Å². The molecule has 0 atom stereocenters. The van der Waals surface area contributed by atoms with Crippen LogP contribution in [0.3, 0.4) is 0 Å². The van der Waals surface area contributed by atoms with Gasteiger partial charge < -0.3 is 14.6 Å². The van der Waals surface area contributed by atoms with E-state index in [0.29, 0.717) is 5.69 Å². The fourth-order valence-corrected chi connectivity index (χ4v) is 2.99. The first kappa shape index (κ1) is 20.5. The Morgan fingerprint density at radius 3 is 2.55 bits per heavy atom. The molecule has 0 saturated heterocycles. The number of hydrogen-bond donors (Lipinski definition) is 1. The Balaban J connectivity index is 1.49. The number of likely N-dealkylation sites (N-methyl/N-ethyl adjacent to an activating group) is 1. The SMILES string of the molecule is CN(CC(=O)Nc1ccc(F)cc1)C(=O)CSc1nnc(-c2ccccc2F)o1. The Bertz CT molecular complexity index is 1010. The van der Waals surface area contributed by atoms with Gasteiger partial charge >= 0.3 is 0 Å². The second kappa shape index (κ2) is 9.28. The zero-order valence-electron chi connectivity index (χ0n) is 15.3. The number of nitrogens with zero attached hydrogens (tertiary/aromatic N) is 3. The number of rotatable bonds is 7. The van der Waals surface area contributed by atoms with E-state index in [-0.39, 0.29) is 34.9 Å².